The van der Waals surface area contributed by atoms with Crippen LogP contribution in [0.15, 0.2) is 22.7 Å². The maximum Gasteiger partial charge on any atom is 0.405 e. The molecule has 0 aromatic heterocycles. The highest BCUT2D eigenvalue weighted by atomic mass is 79.9. The van der Waals surface area contributed by atoms with Crippen molar-refractivity contribution in [2.75, 3.05) is 39.3 Å². The Bertz CT molecular complexity index is 628. The van der Waals surface area contributed by atoms with Crippen LogP contribution in [-0.2, 0) is 4.79 Å². The van der Waals surface area contributed by atoms with E-state index in [1.165, 1.54) is 9.80 Å². The van der Waals surface area contributed by atoms with Crippen molar-refractivity contribution in [2.24, 2.45) is 0 Å². The second-order valence-electron chi connectivity index (χ2n) is 6.29. The number of piperazine rings is 1. The van der Waals surface area contributed by atoms with Gasteiger partial charge in [-0.2, -0.15) is 13.2 Å². The first-order chi connectivity index (χ1) is 12.2. The average Bonchev–Trinajstić information content (AvgIpc) is 2.54. The third kappa shape index (κ3) is 5.85. The van der Waals surface area contributed by atoms with Crippen LogP contribution in [0.1, 0.15) is 12.0 Å². The summed E-state index contributed by atoms with van der Waals surface area (Å²) in [6, 6.07) is 3.91. The minimum Gasteiger partial charge on any atom is -0.493 e. The molecule has 0 radical (unpaired) electrons. The molecule has 1 saturated heterocycles. The van der Waals surface area contributed by atoms with Gasteiger partial charge < -0.3 is 9.84 Å². The molecule has 5 nitrogen and oxygen atoms in total. The smallest absolute Gasteiger partial charge is 0.405 e. The number of rotatable bonds is 7. The molecule has 0 bridgehead atoms. The van der Waals surface area contributed by atoms with E-state index >= 15 is 0 Å². The molecule has 1 fully saturated rings. The molecule has 0 unspecified atom stereocenters. The van der Waals surface area contributed by atoms with Crippen LogP contribution in [0.2, 0.25) is 0 Å². The van der Waals surface area contributed by atoms with Crippen LogP contribution >= 0.6 is 15.9 Å². The fourth-order valence-electron chi connectivity index (χ4n) is 2.98. The number of halogens is 4. The summed E-state index contributed by atoms with van der Waals surface area (Å²) in [5.41, 5.74) is 0.947. The highest BCUT2D eigenvalue weighted by Gasteiger charge is 2.46. The number of ether oxygens (including phenoxy) is 1. The SMILES string of the molecule is Cc1c(Br)cccc1OCCCN1CCN(CC(=O)O)C[C@@H]1C(F)(F)F. The summed E-state index contributed by atoms with van der Waals surface area (Å²) in [5, 5.41) is 8.79. The van der Waals surface area contributed by atoms with Crippen LogP contribution in [0.4, 0.5) is 13.2 Å². The minimum atomic E-state index is -4.39. The number of benzene rings is 1. The summed E-state index contributed by atoms with van der Waals surface area (Å²) in [6.07, 6.45) is -3.93. The zero-order valence-corrected chi connectivity index (χ0v) is 16.0. The van der Waals surface area contributed by atoms with Crippen molar-refractivity contribution < 1.29 is 27.8 Å². The Kier molecular flexibility index (Phi) is 7.31. The Hall–Kier alpha value is -1.32. The molecule has 2 rings (SSSR count). The number of aliphatic carboxylic acids is 1. The van der Waals surface area contributed by atoms with Crippen molar-refractivity contribution in [1.82, 2.24) is 9.80 Å². The Morgan fingerprint density at radius 3 is 2.77 bits per heavy atom. The molecule has 9 heteroatoms. The van der Waals surface area contributed by atoms with Gasteiger partial charge in [-0.3, -0.25) is 14.6 Å². The molecule has 0 amide bonds. The van der Waals surface area contributed by atoms with Crippen molar-refractivity contribution in [2.45, 2.75) is 25.6 Å². The largest absolute Gasteiger partial charge is 0.493 e. The van der Waals surface area contributed by atoms with Crippen LogP contribution in [0.5, 0.6) is 5.75 Å². The van der Waals surface area contributed by atoms with Gasteiger partial charge in [0.1, 0.15) is 11.8 Å². The van der Waals surface area contributed by atoms with Gasteiger partial charge in [0.2, 0.25) is 0 Å². The number of carboxylic acids is 1. The molecule has 1 aromatic carbocycles. The normalized spacial score (nSPS) is 19.5. The van der Waals surface area contributed by atoms with Crippen molar-refractivity contribution in [3.63, 3.8) is 0 Å². The number of alkyl halides is 3. The molecule has 1 aliphatic heterocycles. The predicted octanol–water partition coefficient (Wildman–Crippen LogP) is 3.16. The number of carboxylic acid groups (broad SMARTS) is 1. The van der Waals surface area contributed by atoms with E-state index in [1.54, 1.807) is 0 Å². The number of carbonyl (C=O) groups is 1. The van der Waals surface area contributed by atoms with Gasteiger partial charge >= 0.3 is 12.1 Å². The first-order valence-electron chi connectivity index (χ1n) is 8.31. The Balaban J connectivity index is 1.87. The van der Waals surface area contributed by atoms with E-state index in [0.29, 0.717) is 25.3 Å². The lowest BCUT2D eigenvalue weighted by Gasteiger charge is -2.41. The minimum absolute atomic E-state index is 0.188. The molecule has 1 N–H and O–H groups in total. The molecule has 1 aromatic rings. The lowest BCUT2D eigenvalue weighted by atomic mass is 10.1. The number of nitrogens with zero attached hydrogens (tertiary/aromatic N) is 2. The predicted molar refractivity (Wildman–Crippen MR) is 94.5 cm³/mol. The lowest BCUT2D eigenvalue weighted by molar-refractivity contribution is -0.198. The third-order valence-corrected chi connectivity index (χ3v) is 5.24. The maximum atomic E-state index is 13.3. The first kappa shape index (κ1) is 21.0. The third-order valence-electron chi connectivity index (χ3n) is 4.38. The monoisotopic (exact) mass is 438 g/mol. The van der Waals surface area contributed by atoms with Gasteiger partial charge in [0.25, 0.3) is 0 Å². The fourth-order valence-corrected chi connectivity index (χ4v) is 3.33. The fraction of sp³-hybridized carbons (Fsp3) is 0.588. The summed E-state index contributed by atoms with van der Waals surface area (Å²) < 4.78 is 46.6. The first-order valence-corrected chi connectivity index (χ1v) is 9.10. The van der Waals surface area contributed by atoms with Crippen LogP contribution in [0.25, 0.3) is 0 Å². The molecule has 1 atom stereocenters. The van der Waals surface area contributed by atoms with E-state index in [4.69, 9.17) is 9.84 Å². The van der Waals surface area contributed by atoms with Crippen LogP contribution in [0.3, 0.4) is 0 Å². The molecule has 0 spiro atoms. The standard InChI is InChI=1S/C17H22BrF3N2O3/c1-12-13(18)4-2-5-14(12)26-9-3-6-23-8-7-22(11-16(24)25)10-15(23)17(19,20)21/h2,4-5,15H,3,6-11H2,1H3,(H,24,25)/t15-/m1/s1. The summed E-state index contributed by atoms with van der Waals surface area (Å²) in [7, 11) is 0. The van der Waals surface area contributed by atoms with E-state index in [1.807, 2.05) is 25.1 Å². The quantitative estimate of drug-likeness (QED) is 0.662. The number of hydrogen-bond donors (Lipinski definition) is 1. The summed E-state index contributed by atoms with van der Waals surface area (Å²) in [5.74, 6) is -0.407. The van der Waals surface area contributed by atoms with Crippen molar-refractivity contribution >= 4 is 21.9 Å². The van der Waals surface area contributed by atoms with Crippen LogP contribution < -0.4 is 4.74 Å². The van der Waals surface area contributed by atoms with Gasteiger partial charge in [-0.15, -0.1) is 0 Å². The maximum absolute atomic E-state index is 13.3. The molecule has 26 heavy (non-hydrogen) atoms. The van der Waals surface area contributed by atoms with Crippen LogP contribution in [0, 0.1) is 6.92 Å². The van der Waals surface area contributed by atoms with Crippen molar-refractivity contribution in [3.05, 3.63) is 28.2 Å². The molecule has 0 aliphatic carbocycles. The van der Waals surface area contributed by atoms with E-state index < -0.39 is 18.2 Å². The molecular formula is C17H22BrF3N2O3. The van der Waals surface area contributed by atoms with E-state index in [2.05, 4.69) is 15.9 Å². The topological polar surface area (TPSA) is 53.0 Å². The number of hydrogen-bond acceptors (Lipinski definition) is 4. The molecule has 1 aliphatic rings. The summed E-state index contributed by atoms with van der Waals surface area (Å²) >= 11 is 3.41. The highest BCUT2D eigenvalue weighted by Crippen LogP contribution is 2.28. The second-order valence-corrected chi connectivity index (χ2v) is 7.14. The van der Waals surface area contributed by atoms with E-state index in [0.717, 1.165) is 10.0 Å². The van der Waals surface area contributed by atoms with Gasteiger partial charge in [-0.25, -0.2) is 0 Å². The van der Waals surface area contributed by atoms with E-state index in [9.17, 15) is 18.0 Å². The van der Waals surface area contributed by atoms with Gasteiger partial charge in [0.05, 0.1) is 13.2 Å². The molecular weight excluding hydrogens is 417 g/mol. The van der Waals surface area contributed by atoms with Gasteiger partial charge in [-0.05, 0) is 25.5 Å². The Morgan fingerprint density at radius 2 is 2.12 bits per heavy atom. The second kappa shape index (κ2) is 9.05. The van der Waals surface area contributed by atoms with Crippen molar-refractivity contribution in [3.8, 4) is 5.75 Å². The lowest BCUT2D eigenvalue weighted by Crippen LogP contribution is -2.59. The Morgan fingerprint density at radius 1 is 1.38 bits per heavy atom. The highest BCUT2D eigenvalue weighted by molar-refractivity contribution is 9.10. The zero-order chi connectivity index (χ0) is 19.3. The van der Waals surface area contributed by atoms with Gasteiger partial charge in [0, 0.05) is 36.2 Å². The van der Waals surface area contributed by atoms with E-state index in [-0.39, 0.29) is 26.2 Å². The zero-order valence-electron chi connectivity index (χ0n) is 14.4. The molecule has 146 valence electrons. The summed E-state index contributed by atoms with van der Waals surface area (Å²) in [4.78, 5) is 13.4. The van der Waals surface area contributed by atoms with Crippen molar-refractivity contribution in [1.29, 1.82) is 0 Å². The summed E-state index contributed by atoms with van der Waals surface area (Å²) in [6.45, 7) is 2.28. The molecule has 0 saturated carbocycles. The van der Waals surface area contributed by atoms with Crippen LogP contribution in [-0.4, -0.2) is 72.4 Å². The average molecular weight is 439 g/mol. The van der Waals surface area contributed by atoms with Gasteiger partial charge in [0.15, 0.2) is 0 Å². The van der Waals surface area contributed by atoms with Gasteiger partial charge in [-0.1, -0.05) is 22.0 Å². The Labute approximate surface area is 158 Å². The molecule has 1 heterocycles.